The van der Waals surface area contributed by atoms with Crippen molar-refractivity contribution >= 4 is 6.29 Å². The molecule has 0 unspecified atom stereocenters. The van der Waals surface area contributed by atoms with Crippen LogP contribution in [0.5, 0.6) is 5.75 Å². The Morgan fingerprint density at radius 1 is 1.28 bits per heavy atom. The Morgan fingerprint density at radius 3 is 2.17 bits per heavy atom. The van der Waals surface area contributed by atoms with Gasteiger partial charge in [-0.15, -0.1) is 0 Å². The lowest BCUT2D eigenvalue weighted by atomic mass is 9.99. The Kier molecular flexibility index (Phi) is 4.78. The summed E-state index contributed by atoms with van der Waals surface area (Å²) < 4.78 is 31.9. The van der Waals surface area contributed by atoms with Crippen molar-refractivity contribution in [3.63, 3.8) is 0 Å². The molecule has 1 N–H and O–H groups in total. The van der Waals surface area contributed by atoms with Gasteiger partial charge in [0, 0.05) is 5.56 Å². The highest BCUT2D eigenvalue weighted by Crippen LogP contribution is 2.25. The Morgan fingerprint density at radius 2 is 1.78 bits per heavy atom. The molecule has 0 heterocycles. The van der Waals surface area contributed by atoms with Crippen molar-refractivity contribution in [3.8, 4) is 5.75 Å². The molecular weight excluding hydrogens is 242 g/mol. The summed E-state index contributed by atoms with van der Waals surface area (Å²) in [6, 6.07) is 1.78. The first-order valence-corrected chi connectivity index (χ1v) is 5.75. The predicted octanol–water partition coefficient (Wildman–Crippen LogP) is 2.71. The van der Waals surface area contributed by atoms with Crippen LogP contribution in [0.25, 0.3) is 0 Å². The van der Waals surface area contributed by atoms with Gasteiger partial charge < -0.3 is 9.84 Å². The van der Waals surface area contributed by atoms with Crippen molar-refractivity contribution in [2.24, 2.45) is 0 Å². The minimum atomic E-state index is -1.11. The van der Waals surface area contributed by atoms with Crippen LogP contribution < -0.4 is 4.74 Å². The fraction of sp³-hybridized carbons (Fsp3) is 0.462. The third kappa shape index (κ3) is 3.26. The van der Waals surface area contributed by atoms with Gasteiger partial charge in [0.1, 0.15) is 12.9 Å². The van der Waals surface area contributed by atoms with Gasteiger partial charge in [-0.3, -0.25) is 4.79 Å². The molecule has 0 fully saturated rings. The Balaban J connectivity index is 2.89. The monoisotopic (exact) mass is 258 g/mol. The van der Waals surface area contributed by atoms with Crippen molar-refractivity contribution < 1.29 is 23.4 Å². The van der Waals surface area contributed by atoms with Gasteiger partial charge in [-0.1, -0.05) is 13.8 Å². The first kappa shape index (κ1) is 14.6. The zero-order chi connectivity index (χ0) is 13.8. The summed E-state index contributed by atoms with van der Waals surface area (Å²) in [6.07, 6.45) is 1.18. The minimum absolute atomic E-state index is 0.0985. The van der Waals surface area contributed by atoms with Crippen LogP contribution in [-0.2, 0) is 0 Å². The highest BCUT2D eigenvalue weighted by molar-refractivity contribution is 5.75. The molecule has 0 spiro atoms. The molecule has 1 rings (SSSR count). The molecule has 0 bridgehead atoms. The molecule has 0 saturated heterocycles. The van der Waals surface area contributed by atoms with Gasteiger partial charge in [-0.2, -0.15) is 0 Å². The molecule has 0 atom stereocenters. The number of hydrogen-bond acceptors (Lipinski definition) is 3. The average Bonchev–Trinajstić information content (AvgIpc) is 2.37. The summed E-state index contributed by atoms with van der Waals surface area (Å²) in [5, 5.41) is 9.95. The molecule has 0 aromatic heterocycles. The molecule has 0 saturated carbocycles. The molecule has 1 aromatic carbocycles. The molecule has 18 heavy (non-hydrogen) atoms. The number of carbonyl (C=O) groups excluding carboxylic acids is 1. The van der Waals surface area contributed by atoms with Crippen LogP contribution in [0.15, 0.2) is 12.1 Å². The van der Waals surface area contributed by atoms with Crippen LogP contribution in [0, 0.1) is 11.6 Å². The smallest absolute Gasteiger partial charge is 0.190 e. The second-order valence-corrected chi connectivity index (χ2v) is 4.15. The zero-order valence-electron chi connectivity index (χ0n) is 10.4. The molecule has 0 amide bonds. The van der Waals surface area contributed by atoms with Crippen molar-refractivity contribution in [2.45, 2.75) is 32.3 Å². The van der Waals surface area contributed by atoms with Crippen LogP contribution in [0.2, 0.25) is 0 Å². The van der Waals surface area contributed by atoms with Gasteiger partial charge in [0.25, 0.3) is 0 Å². The van der Waals surface area contributed by atoms with Crippen molar-refractivity contribution in [1.29, 1.82) is 0 Å². The maximum Gasteiger partial charge on any atom is 0.190 e. The van der Waals surface area contributed by atoms with Crippen LogP contribution in [0.3, 0.4) is 0 Å². The lowest BCUT2D eigenvalue weighted by Gasteiger charge is -2.25. The summed E-state index contributed by atoms with van der Waals surface area (Å²) in [7, 11) is 0. The summed E-state index contributed by atoms with van der Waals surface area (Å²) in [4.78, 5) is 10.4. The van der Waals surface area contributed by atoms with Gasteiger partial charge in [0.15, 0.2) is 17.4 Å². The number of carbonyl (C=O) groups is 1. The summed E-state index contributed by atoms with van der Waals surface area (Å²) in [6.45, 7) is 3.32. The van der Waals surface area contributed by atoms with Gasteiger partial charge >= 0.3 is 0 Å². The Labute approximate surface area is 104 Å². The van der Waals surface area contributed by atoms with Crippen LogP contribution >= 0.6 is 0 Å². The van der Waals surface area contributed by atoms with E-state index in [4.69, 9.17) is 4.74 Å². The number of hydrogen-bond donors (Lipinski definition) is 1. The Hall–Kier alpha value is -1.49. The number of aliphatic hydroxyl groups is 1. The molecule has 0 aliphatic heterocycles. The van der Waals surface area contributed by atoms with Gasteiger partial charge in [-0.05, 0) is 25.0 Å². The normalized spacial score (nSPS) is 11.4. The highest BCUT2D eigenvalue weighted by atomic mass is 19.1. The van der Waals surface area contributed by atoms with E-state index in [1.54, 1.807) is 13.8 Å². The van der Waals surface area contributed by atoms with E-state index in [-0.39, 0.29) is 12.2 Å². The van der Waals surface area contributed by atoms with Gasteiger partial charge in [0.05, 0.1) is 5.60 Å². The van der Waals surface area contributed by atoms with E-state index in [9.17, 15) is 18.7 Å². The number of benzene rings is 1. The van der Waals surface area contributed by atoms with Crippen LogP contribution in [0.1, 0.15) is 37.0 Å². The number of halogens is 2. The van der Waals surface area contributed by atoms with E-state index in [1.165, 1.54) is 0 Å². The van der Waals surface area contributed by atoms with Crippen LogP contribution in [0.4, 0.5) is 8.78 Å². The van der Waals surface area contributed by atoms with Crippen LogP contribution in [-0.4, -0.2) is 23.6 Å². The SMILES string of the molecule is CCC(O)(CC)COc1c(F)cc(C=O)cc1F. The molecule has 3 nitrogen and oxygen atoms in total. The Bertz CT molecular complexity index is 405. The van der Waals surface area contributed by atoms with E-state index >= 15 is 0 Å². The van der Waals surface area contributed by atoms with Crippen molar-refractivity contribution in [3.05, 3.63) is 29.3 Å². The van der Waals surface area contributed by atoms with E-state index in [2.05, 4.69) is 0 Å². The van der Waals surface area contributed by atoms with E-state index in [1.807, 2.05) is 0 Å². The third-order valence-electron chi connectivity index (χ3n) is 2.96. The number of aldehydes is 1. The van der Waals surface area contributed by atoms with E-state index in [0.717, 1.165) is 12.1 Å². The van der Waals surface area contributed by atoms with E-state index in [0.29, 0.717) is 19.1 Å². The molecule has 0 aliphatic carbocycles. The standard InChI is InChI=1S/C13H16F2O3/c1-3-13(17,4-2)8-18-12-10(14)5-9(7-16)6-11(12)15/h5-7,17H,3-4,8H2,1-2H3. The molecule has 0 aliphatic rings. The lowest BCUT2D eigenvalue weighted by Crippen LogP contribution is -2.34. The summed E-state index contributed by atoms with van der Waals surface area (Å²) >= 11 is 0. The summed E-state index contributed by atoms with van der Waals surface area (Å²) in [5.41, 5.74) is -1.21. The third-order valence-corrected chi connectivity index (χ3v) is 2.96. The fourth-order valence-electron chi connectivity index (χ4n) is 1.45. The summed E-state index contributed by atoms with van der Waals surface area (Å²) in [5.74, 6) is -2.47. The maximum absolute atomic E-state index is 13.5. The first-order chi connectivity index (χ1) is 8.45. The van der Waals surface area contributed by atoms with Crippen molar-refractivity contribution in [1.82, 2.24) is 0 Å². The largest absolute Gasteiger partial charge is 0.485 e. The highest BCUT2D eigenvalue weighted by Gasteiger charge is 2.24. The molecule has 0 radical (unpaired) electrons. The average molecular weight is 258 g/mol. The van der Waals surface area contributed by atoms with Crippen molar-refractivity contribution in [2.75, 3.05) is 6.61 Å². The number of rotatable bonds is 6. The molecule has 100 valence electrons. The molecular formula is C13H16F2O3. The second kappa shape index (κ2) is 5.91. The van der Waals surface area contributed by atoms with Gasteiger partial charge in [0.2, 0.25) is 0 Å². The van der Waals surface area contributed by atoms with Gasteiger partial charge in [-0.25, -0.2) is 8.78 Å². The minimum Gasteiger partial charge on any atom is -0.485 e. The fourth-order valence-corrected chi connectivity index (χ4v) is 1.45. The molecule has 1 aromatic rings. The predicted molar refractivity (Wildman–Crippen MR) is 62.8 cm³/mol. The quantitative estimate of drug-likeness (QED) is 0.798. The zero-order valence-corrected chi connectivity index (χ0v) is 10.4. The second-order valence-electron chi connectivity index (χ2n) is 4.15. The first-order valence-electron chi connectivity index (χ1n) is 5.75. The number of ether oxygens (including phenoxy) is 1. The topological polar surface area (TPSA) is 46.5 Å². The maximum atomic E-state index is 13.5. The lowest BCUT2D eigenvalue weighted by molar-refractivity contribution is -0.0133. The molecule has 5 heteroatoms. The van der Waals surface area contributed by atoms with E-state index < -0.39 is 23.0 Å².